The monoisotopic (exact) mass is 290 g/mol. The van der Waals surface area contributed by atoms with Gasteiger partial charge in [-0.1, -0.05) is 0 Å². The number of hydrogen-bond donors (Lipinski definition) is 2. The number of ether oxygens (including phenoxy) is 1. The second-order valence-corrected chi connectivity index (χ2v) is 6.08. The van der Waals surface area contributed by atoms with Gasteiger partial charge in [0.15, 0.2) is 0 Å². The third-order valence-electron chi connectivity index (χ3n) is 2.30. The van der Waals surface area contributed by atoms with Crippen LogP contribution in [-0.2, 0) is 11.3 Å². The van der Waals surface area contributed by atoms with Crippen molar-refractivity contribution in [3.8, 4) is 0 Å². The van der Waals surface area contributed by atoms with Gasteiger partial charge in [0, 0.05) is 31.1 Å². The van der Waals surface area contributed by atoms with E-state index in [0.29, 0.717) is 6.10 Å². The minimum Gasteiger partial charge on any atom is -0.374 e. The first-order chi connectivity index (χ1) is 7.34. The lowest BCUT2D eigenvalue weighted by atomic mass is 10.3. The molecule has 1 atom stereocenters. The maximum absolute atomic E-state index is 5.59. The first-order valence-corrected chi connectivity index (χ1v) is 6.73. The van der Waals surface area contributed by atoms with Crippen LogP contribution in [0.1, 0.15) is 4.88 Å². The average Bonchev–Trinajstić information content (AvgIpc) is 2.66. The van der Waals surface area contributed by atoms with Crippen molar-refractivity contribution in [3.63, 3.8) is 0 Å². The molecule has 0 amide bonds. The summed E-state index contributed by atoms with van der Waals surface area (Å²) in [6.45, 7) is 4.62. The van der Waals surface area contributed by atoms with Crippen molar-refractivity contribution in [1.82, 2.24) is 10.6 Å². The van der Waals surface area contributed by atoms with Crippen LogP contribution in [-0.4, -0.2) is 32.3 Å². The van der Waals surface area contributed by atoms with Crippen molar-refractivity contribution in [2.24, 2.45) is 0 Å². The zero-order valence-electron chi connectivity index (χ0n) is 8.46. The molecule has 0 spiro atoms. The topological polar surface area (TPSA) is 33.3 Å². The summed E-state index contributed by atoms with van der Waals surface area (Å²) in [4.78, 5) is 1.35. The Hall–Kier alpha value is 0.0600. The lowest BCUT2D eigenvalue weighted by Gasteiger charge is -2.23. The smallest absolute Gasteiger partial charge is 0.0824 e. The quantitative estimate of drug-likeness (QED) is 0.884. The fourth-order valence-corrected chi connectivity index (χ4v) is 3.01. The lowest BCUT2D eigenvalue weighted by Crippen LogP contribution is -2.43. The molecule has 1 fully saturated rings. The first kappa shape index (κ1) is 11.5. The molecule has 1 unspecified atom stereocenters. The van der Waals surface area contributed by atoms with Gasteiger partial charge in [0.1, 0.15) is 0 Å². The Morgan fingerprint density at radius 3 is 3.20 bits per heavy atom. The van der Waals surface area contributed by atoms with E-state index in [1.165, 1.54) is 8.66 Å². The minimum atomic E-state index is 0.321. The predicted octanol–water partition coefficient (Wildman–Crippen LogP) is 1.59. The molecule has 1 saturated heterocycles. The molecule has 2 rings (SSSR count). The Morgan fingerprint density at radius 2 is 2.53 bits per heavy atom. The van der Waals surface area contributed by atoms with E-state index in [9.17, 15) is 0 Å². The molecule has 2 heterocycles. The highest BCUT2D eigenvalue weighted by Gasteiger charge is 2.12. The standard InChI is InChI=1S/C10H15BrN2OS/c11-10-2-1-9(15-10)7-13-6-8-5-12-3-4-14-8/h1-2,8,12-13H,3-7H2. The molecule has 0 saturated carbocycles. The highest BCUT2D eigenvalue weighted by molar-refractivity contribution is 9.11. The third-order valence-corrected chi connectivity index (χ3v) is 3.93. The summed E-state index contributed by atoms with van der Waals surface area (Å²) in [5.74, 6) is 0. The Labute approximate surface area is 102 Å². The first-order valence-electron chi connectivity index (χ1n) is 5.12. The molecule has 1 aromatic rings. The van der Waals surface area contributed by atoms with Crippen molar-refractivity contribution in [2.75, 3.05) is 26.2 Å². The molecular formula is C10H15BrN2OS. The van der Waals surface area contributed by atoms with E-state index >= 15 is 0 Å². The summed E-state index contributed by atoms with van der Waals surface area (Å²) in [5, 5.41) is 6.73. The van der Waals surface area contributed by atoms with Gasteiger partial charge < -0.3 is 15.4 Å². The molecule has 5 heteroatoms. The minimum absolute atomic E-state index is 0.321. The number of morpholine rings is 1. The zero-order valence-corrected chi connectivity index (χ0v) is 10.9. The third kappa shape index (κ3) is 3.85. The van der Waals surface area contributed by atoms with E-state index in [0.717, 1.165) is 32.8 Å². The number of nitrogens with one attached hydrogen (secondary N) is 2. The van der Waals surface area contributed by atoms with Crippen molar-refractivity contribution in [3.05, 3.63) is 20.8 Å². The summed E-state index contributed by atoms with van der Waals surface area (Å²) in [6.07, 6.45) is 0.321. The molecule has 1 aromatic heterocycles. The van der Waals surface area contributed by atoms with E-state index in [4.69, 9.17) is 4.74 Å². The fourth-order valence-electron chi connectivity index (χ4n) is 1.55. The molecule has 1 aliphatic heterocycles. The van der Waals surface area contributed by atoms with Crippen LogP contribution in [0.3, 0.4) is 0 Å². The fraction of sp³-hybridized carbons (Fsp3) is 0.600. The Balaban J connectivity index is 1.65. The predicted molar refractivity (Wildman–Crippen MR) is 66.3 cm³/mol. The highest BCUT2D eigenvalue weighted by Crippen LogP contribution is 2.21. The highest BCUT2D eigenvalue weighted by atomic mass is 79.9. The largest absolute Gasteiger partial charge is 0.374 e. The Kier molecular flexibility index (Phi) is 4.59. The molecule has 0 aliphatic carbocycles. The second kappa shape index (κ2) is 5.96. The van der Waals surface area contributed by atoms with Crippen LogP contribution in [0.15, 0.2) is 15.9 Å². The van der Waals surface area contributed by atoms with E-state index in [2.05, 4.69) is 38.7 Å². The summed E-state index contributed by atoms with van der Waals surface area (Å²) in [7, 11) is 0. The van der Waals surface area contributed by atoms with Gasteiger partial charge in [0.2, 0.25) is 0 Å². The molecular weight excluding hydrogens is 276 g/mol. The van der Waals surface area contributed by atoms with Gasteiger partial charge in [-0.05, 0) is 28.1 Å². The number of hydrogen-bond acceptors (Lipinski definition) is 4. The van der Waals surface area contributed by atoms with E-state index in [1.54, 1.807) is 11.3 Å². The molecule has 2 N–H and O–H groups in total. The van der Waals surface area contributed by atoms with Gasteiger partial charge in [-0.25, -0.2) is 0 Å². The summed E-state index contributed by atoms with van der Waals surface area (Å²) < 4.78 is 6.78. The van der Waals surface area contributed by atoms with E-state index in [1.807, 2.05) is 0 Å². The number of halogens is 1. The normalized spacial score (nSPS) is 21.8. The van der Waals surface area contributed by atoms with Crippen LogP contribution >= 0.6 is 27.3 Å². The van der Waals surface area contributed by atoms with Gasteiger partial charge >= 0.3 is 0 Å². The summed E-state index contributed by atoms with van der Waals surface area (Å²) in [6, 6.07) is 4.22. The van der Waals surface area contributed by atoms with Gasteiger partial charge in [0.25, 0.3) is 0 Å². The van der Waals surface area contributed by atoms with Gasteiger partial charge in [-0.2, -0.15) is 0 Å². The maximum atomic E-state index is 5.59. The van der Waals surface area contributed by atoms with E-state index in [-0.39, 0.29) is 0 Å². The van der Waals surface area contributed by atoms with Crippen LogP contribution in [0, 0.1) is 0 Å². The molecule has 0 aromatic carbocycles. The van der Waals surface area contributed by atoms with Gasteiger partial charge in [-0.3, -0.25) is 0 Å². The second-order valence-electron chi connectivity index (χ2n) is 3.53. The number of thiophene rings is 1. The summed E-state index contributed by atoms with van der Waals surface area (Å²) in [5.41, 5.74) is 0. The van der Waals surface area contributed by atoms with Gasteiger partial charge in [-0.15, -0.1) is 11.3 Å². The zero-order chi connectivity index (χ0) is 10.5. The maximum Gasteiger partial charge on any atom is 0.0824 e. The molecule has 15 heavy (non-hydrogen) atoms. The Bertz CT molecular complexity index is 299. The summed E-state index contributed by atoms with van der Waals surface area (Å²) >= 11 is 5.23. The average molecular weight is 291 g/mol. The van der Waals surface area contributed by atoms with Crippen molar-refractivity contribution >= 4 is 27.3 Å². The van der Waals surface area contributed by atoms with Crippen LogP contribution in [0.5, 0.6) is 0 Å². The van der Waals surface area contributed by atoms with Crippen LogP contribution in [0.25, 0.3) is 0 Å². The molecule has 84 valence electrons. The Morgan fingerprint density at radius 1 is 1.60 bits per heavy atom. The van der Waals surface area contributed by atoms with Crippen molar-refractivity contribution in [1.29, 1.82) is 0 Å². The van der Waals surface area contributed by atoms with Crippen molar-refractivity contribution in [2.45, 2.75) is 12.6 Å². The van der Waals surface area contributed by atoms with Crippen LogP contribution in [0.4, 0.5) is 0 Å². The van der Waals surface area contributed by atoms with Crippen molar-refractivity contribution < 1.29 is 4.74 Å². The number of rotatable bonds is 4. The van der Waals surface area contributed by atoms with Crippen LogP contribution < -0.4 is 10.6 Å². The molecule has 0 radical (unpaired) electrons. The molecule has 1 aliphatic rings. The van der Waals surface area contributed by atoms with Crippen LogP contribution in [0.2, 0.25) is 0 Å². The molecule has 0 bridgehead atoms. The van der Waals surface area contributed by atoms with Gasteiger partial charge in [0.05, 0.1) is 16.5 Å². The molecule has 3 nitrogen and oxygen atoms in total. The lowest BCUT2D eigenvalue weighted by molar-refractivity contribution is 0.0291. The SMILES string of the molecule is Brc1ccc(CNCC2CNCCO2)s1. The van der Waals surface area contributed by atoms with E-state index < -0.39 is 0 Å².